The van der Waals surface area contributed by atoms with Crippen LogP contribution in [0, 0.1) is 0 Å². The van der Waals surface area contributed by atoms with Crippen molar-refractivity contribution in [3.05, 3.63) is 23.8 Å². The van der Waals surface area contributed by atoms with E-state index in [4.69, 9.17) is 9.47 Å². The van der Waals surface area contributed by atoms with Gasteiger partial charge in [0.1, 0.15) is 0 Å². The number of hydrogen-bond donors (Lipinski definition) is 1. The van der Waals surface area contributed by atoms with Crippen molar-refractivity contribution in [3.63, 3.8) is 0 Å². The van der Waals surface area contributed by atoms with E-state index < -0.39 is 9.84 Å². The second-order valence-corrected chi connectivity index (χ2v) is 6.97. The summed E-state index contributed by atoms with van der Waals surface area (Å²) < 4.78 is 34.1. The maximum Gasteiger partial charge on any atom is 0.161 e. The molecular weight excluding hydrogens is 266 g/mol. The first-order valence-corrected chi connectivity index (χ1v) is 7.95. The first-order valence-electron chi connectivity index (χ1n) is 6.13. The Morgan fingerprint density at radius 2 is 1.84 bits per heavy atom. The number of benzene rings is 1. The number of hydrogen-bond acceptors (Lipinski definition) is 5. The number of methoxy groups -OCH3 is 2. The molecule has 6 heteroatoms. The van der Waals surface area contributed by atoms with E-state index in [0.29, 0.717) is 11.5 Å². The lowest BCUT2D eigenvalue weighted by atomic mass is 10.1. The molecule has 0 radical (unpaired) electrons. The van der Waals surface area contributed by atoms with Crippen LogP contribution in [-0.2, 0) is 9.84 Å². The van der Waals surface area contributed by atoms with E-state index in [9.17, 15) is 8.42 Å². The summed E-state index contributed by atoms with van der Waals surface area (Å²) in [6.07, 6.45) is 0. The fraction of sp³-hybridized carbons (Fsp3) is 0.538. The van der Waals surface area contributed by atoms with E-state index in [1.165, 1.54) is 0 Å². The van der Waals surface area contributed by atoms with E-state index >= 15 is 0 Å². The van der Waals surface area contributed by atoms with Gasteiger partial charge in [-0.15, -0.1) is 0 Å². The van der Waals surface area contributed by atoms with Gasteiger partial charge in [0.2, 0.25) is 0 Å². The van der Waals surface area contributed by atoms with E-state index in [1.54, 1.807) is 20.3 Å². The summed E-state index contributed by atoms with van der Waals surface area (Å²) in [6.45, 7) is 1.88. The molecule has 1 saturated heterocycles. The van der Waals surface area contributed by atoms with Crippen LogP contribution in [-0.4, -0.2) is 40.2 Å². The van der Waals surface area contributed by atoms with Crippen molar-refractivity contribution in [2.24, 2.45) is 0 Å². The van der Waals surface area contributed by atoms with Crippen LogP contribution in [0.1, 0.15) is 18.5 Å². The standard InChI is InChI=1S/C13H19NO4S/c1-9-7-19(15,16)8-11(14-9)10-4-5-12(17-2)13(6-10)18-3/h4-6,9,11,14H,7-8H2,1-3H3. The van der Waals surface area contributed by atoms with E-state index in [2.05, 4.69) is 5.32 Å². The highest BCUT2D eigenvalue weighted by atomic mass is 32.2. The van der Waals surface area contributed by atoms with Crippen molar-refractivity contribution in [1.82, 2.24) is 5.32 Å². The normalized spacial score (nSPS) is 25.8. The van der Waals surface area contributed by atoms with Crippen molar-refractivity contribution in [2.75, 3.05) is 25.7 Å². The Morgan fingerprint density at radius 1 is 1.16 bits per heavy atom. The van der Waals surface area contributed by atoms with Crippen LogP contribution in [0.4, 0.5) is 0 Å². The average Bonchev–Trinajstić information content (AvgIpc) is 2.35. The minimum Gasteiger partial charge on any atom is -0.493 e. The van der Waals surface area contributed by atoms with Gasteiger partial charge in [-0.2, -0.15) is 0 Å². The Bertz CT molecular complexity index is 556. The zero-order chi connectivity index (χ0) is 14.0. The van der Waals surface area contributed by atoms with E-state index in [0.717, 1.165) is 5.56 Å². The van der Waals surface area contributed by atoms with Gasteiger partial charge in [0, 0.05) is 12.1 Å². The lowest BCUT2D eigenvalue weighted by Crippen LogP contribution is -2.45. The minimum atomic E-state index is -3.00. The van der Waals surface area contributed by atoms with Gasteiger partial charge >= 0.3 is 0 Å². The van der Waals surface area contributed by atoms with Crippen molar-refractivity contribution in [3.8, 4) is 11.5 Å². The Hall–Kier alpha value is -1.27. The number of sulfone groups is 1. The Balaban J connectivity index is 2.31. The summed E-state index contributed by atoms with van der Waals surface area (Å²) in [4.78, 5) is 0. The second-order valence-electron chi connectivity index (χ2n) is 4.81. The third-order valence-electron chi connectivity index (χ3n) is 3.22. The summed E-state index contributed by atoms with van der Waals surface area (Å²) in [5.74, 6) is 1.55. The third-order valence-corrected chi connectivity index (χ3v) is 5.07. The monoisotopic (exact) mass is 285 g/mol. The maximum atomic E-state index is 11.8. The second kappa shape index (κ2) is 5.38. The van der Waals surface area contributed by atoms with Gasteiger partial charge in [-0.05, 0) is 24.6 Å². The Morgan fingerprint density at radius 3 is 2.42 bits per heavy atom. The predicted molar refractivity (Wildman–Crippen MR) is 73.5 cm³/mol. The molecule has 2 rings (SSSR count). The molecule has 5 nitrogen and oxygen atoms in total. The average molecular weight is 285 g/mol. The van der Waals surface area contributed by atoms with E-state index in [1.807, 2.05) is 19.1 Å². The Kier molecular flexibility index (Phi) is 4.01. The summed E-state index contributed by atoms with van der Waals surface area (Å²) in [6, 6.07) is 5.24. The number of rotatable bonds is 3. The molecule has 1 aliphatic heterocycles. The van der Waals surface area contributed by atoms with Gasteiger partial charge < -0.3 is 14.8 Å². The summed E-state index contributed by atoms with van der Waals surface area (Å²) in [5.41, 5.74) is 0.896. The van der Waals surface area contributed by atoms with E-state index in [-0.39, 0.29) is 23.6 Å². The van der Waals surface area contributed by atoms with Crippen LogP contribution in [0.2, 0.25) is 0 Å². The predicted octanol–water partition coefficient (Wildman–Crippen LogP) is 1.15. The van der Waals surface area contributed by atoms with Gasteiger partial charge in [0.25, 0.3) is 0 Å². The molecule has 1 aromatic rings. The van der Waals surface area contributed by atoms with Crippen molar-refractivity contribution in [1.29, 1.82) is 0 Å². The zero-order valence-electron chi connectivity index (χ0n) is 11.3. The molecule has 0 saturated carbocycles. The first kappa shape index (κ1) is 14.1. The van der Waals surface area contributed by atoms with Crippen molar-refractivity contribution in [2.45, 2.75) is 19.0 Å². The van der Waals surface area contributed by atoms with Crippen LogP contribution >= 0.6 is 0 Å². The number of nitrogens with one attached hydrogen (secondary N) is 1. The molecule has 106 valence electrons. The SMILES string of the molecule is COc1ccc(C2CS(=O)(=O)CC(C)N2)cc1OC. The fourth-order valence-electron chi connectivity index (χ4n) is 2.40. The fourth-order valence-corrected chi connectivity index (χ4v) is 4.20. The van der Waals surface area contributed by atoms with Crippen molar-refractivity contribution < 1.29 is 17.9 Å². The molecule has 19 heavy (non-hydrogen) atoms. The smallest absolute Gasteiger partial charge is 0.161 e. The molecule has 0 spiro atoms. The van der Waals surface area contributed by atoms with Crippen molar-refractivity contribution >= 4 is 9.84 Å². The third kappa shape index (κ3) is 3.19. The highest BCUT2D eigenvalue weighted by Crippen LogP contribution is 2.31. The molecule has 1 N–H and O–H groups in total. The zero-order valence-corrected chi connectivity index (χ0v) is 12.2. The summed E-state index contributed by atoms with van der Waals surface area (Å²) >= 11 is 0. The molecular formula is C13H19NO4S. The van der Waals surface area contributed by atoms with Gasteiger partial charge in [-0.3, -0.25) is 0 Å². The largest absolute Gasteiger partial charge is 0.493 e. The summed E-state index contributed by atoms with van der Waals surface area (Å²) in [5, 5.41) is 3.30. The highest BCUT2D eigenvalue weighted by Gasteiger charge is 2.30. The van der Waals surface area contributed by atoms with Gasteiger partial charge in [0.05, 0.1) is 25.7 Å². The molecule has 1 heterocycles. The van der Waals surface area contributed by atoms with Gasteiger partial charge in [-0.1, -0.05) is 6.07 Å². The van der Waals surface area contributed by atoms with Crippen LogP contribution in [0.15, 0.2) is 18.2 Å². The molecule has 0 amide bonds. The molecule has 2 atom stereocenters. The first-order chi connectivity index (χ1) is 8.95. The quantitative estimate of drug-likeness (QED) is 0.902. The summed E-state index contributed by atoms with van der Waals surface area (Å²) in [7, 11) is 0.138. The molecule has 1 aromatic carbocycles. The highest BCUT2D eigenvalue weighted by molar-refractivity contribution is 7.91. The minimum absolute atomic E-state index is 0.0446. The maximum absolute atomic E-state index is 11.8. The number of ether oxygens (including phenoxy) is 2. The molecule has 1 fully saturated rings. The molecule has 0 bridgehead atoms. The van der Waals surface area contributed by atoms with Crippen LogP contribution in [0.25, 0.3) is 0 Å². The molecule has 2 unspecified atom stereocenters. The van der Waals surface area contributed by atoms with Crippen LogP contribution in [0.5, 0.6) is 11.5 Å². The topological polar surface area (TPSA) is 64.6 Å². The lowest BCUT2D eigenvalue weighted by Gasteiger charge is -2.29. The van der Waals surface area contributed by atoms with Gasteiger partial charge in [0.15, 0.2) is 21.3 Å². The lowest BCUT2D eigenvalue weighted by molar-refractivity contribution is 0.353. The Labute approximate surface area is 113 Å². The molecule has 1 aliphatic rings. The van der Waals surface area contributed by atoms with Crippen LogP contribution in [0.3, 0.4) is 0 Å². The van der Waals surface area contributed by atoms with Gasteiger partial charge in [-0.25, -0.2) is 8.42 Å². The molecule has 0 aromatic heterocycles. The molecule has 0 aliphatic carbocycles. The van der Waals surface area contributed by atoms with Crippen LogP contribution < -0.4 is 14.8 Å².